The second-order valence-electron chi connectivity index (χ2n) is 8.80. The third-order valence-electron chi connectivity index (χ3n) is 5.07. The molecule has 0 saturated heterocycles. The van der Waals surface area contributed by atoms with Crippen LogP contribution in [0.1, 0.15) is 65.4 Å². The molecule has 0 saturated carbocycles. The van der Waals surface area contributed by atoms with Crippen molar-refractivity contribution in [3.8, 4) is 0 Å². The molecule has 8 heteroatoms. The van der Waals surface area contributed by atoms with Gasteiger partial charge in [0.2, 0.25) is 0 Å². The summed E-state index contributed by atoms with van der Waals surface area (Å²) < 4.78 is 20.1. The lowest BCUT2D eigenvalue weighted by Gasteiger charge is -2.28. The van der Waals surface area contributed by atoms with E-state index in [-0.39, 0.29) is 31.3 Å². The molecule has 0 aliphatic heterocycles. The first-order valence-corrected chi connectivity index (χ1v) is 10.5. The van der Waals surface area contributed by atoms with Crippen molar-refractivity contribution in [1.29, 1.82) is 0 Å². The number of ether oxygens (including phenoxy) is 1. The molecule has 0 radical (unpaired) electrons. The van der Waals surface area contributed by atoms with Crippen molar-refractivity contribution >= 4 is 17.8 Å². The minimum Gasteiger partial charge on any atom is -0.461 e. The maximum Gasteiger partial charge on any atom is 0.355 e. The Hall–Kier alpha value is -3.16. The van der Waals surface area contributed by atoms with E-state index in [2.05, 4.69) is 5.32 Å². The molecular formula is C24H32FN3O4. The van der Waals surface area contributed by atoms with Gasteiger partial charge in [-0.15, -0.1) is 0 Å². The second kappa shape index (κ2) is 9.97. The molecule has 2 rings (SSSR count). The van der Waals surface area contributed by atoms with E-state index in [1.54, 1.807) is 44.5 Å². The number of urea groups is 1. The zero-order chi connectivity index (χ0) is 24.2. The number of esters is 1. The van der Waals surface area contributed by atoms with Gasteiger partial charge in [0.25, 0.3) is 0 Å². The number of ketones is 1. The van der Waals surface area contributed by atoms with Crippen molar-refractivity contribution in [2.75, 3.05) is 13.2 Å². The minimum absolute atomic E-state index is 0.129. The number of hydrogen-bond acceptors (Lipinski definition) is 4. The third-order valence-corrected chi connectivity index (χ3v) is 5.07. The van der Waals surface area contributed by atoms with Crippen molar-refractivity contribution in [2.24, 2.45) is 7.05 Å². The molecule has 0 aliphatic carbocycles. The van der Waals surface area contributed by atoms with Crippen molar-refractivity contribution in [1.82, 2.24) is 14.8 Å². The lowest BCUT2D eigenvalue weighted by molar-refractivity contribution is 0.0514. The van der Waals surface area contributed by atoms with Crippen LogP contribution in [0.2, 0.25) is 0 Å². The van der Waals surface area contributed by atoms with Gasteiger partial charge >= 0.3 is 12.0 Å². The zero-order valence-electron chi connectivity index (χ0n) is 19.8. The van der Waals surface area contributed by atoms with Crippen LogP contribution in [0.5, 0.6) is 0 Å². The number of carbonyl (C=O) groups excluding carboxylic acids is 3. The van der Waals surface area contributed by atoms with E-state index < -0.39 is 17.5 Å². The maximum absolute atomic E-state index is 13.3. The van der Waals surface area contributed by atoms with Gasteiger partial charge in [-0.3, -0.25) is 4.79 Å². The van der Waals surface area contributed by atoms with Gasteiger partial charge in [-0.1, -0.05) is 12.1 Å². The number of hydrogen-bond donors (Lipinski definition) is 1. The van der Waals surface area contributed by atoms with E-state index in [9.17, 15) is 18.8 Å². The van der Waals surface area contributed by atoms with E-state index in [0.29, 0.717) is 28.1 Å². The molecule has 0 aliphatic rings. The van der Waals surface area contributed by atoms with Crippen molar-refractivity contribution in [2.45, 2.75) is 53.6 Å². The summed E-state index contributed by atoms with van der Waals surface area (Å²) in [5.41, 5.74) is 2.04. The number of aromatic nitrogens is 1. The van der Waals surface area contributed by atoms with Crippen molar-refractivity contribution < 1.29 is 23.5 Å². The lowest BCUT2D eigenvalue weighted by atomic mass is 10.0. The van der Waals surface area contributed by atoms with Gasteiger partial charge in [-0.2, -0.15) is 0 Å². The van der Waals surface area contributed by atoms with Crippen molar-refractivity contribution in [3.63, 3.8) is 0 Å². The van der Waals surface area contributed by atoms with E-state index in [1.807, 2.05) is 20.8 Å². The van der Waals surface area contributed by atoms with E-state index in [0.717, 1.165) is 0 Å². The quantitative estimate of drug-likeness (QED) is 0.513. The molecule has 1 aromatic carbocycles. The van der Waals surface area contributed by atoms with Crippen molar-refractivity contribution in [3.05, 3.63) is 58.2 Å². The number of Topliss-reactive ketones (excluding diaryl/α,β-unsaturated/α-hetero) is 1. The average Bonchev–Trinajstić information content (AvgIpc) is 2.90. The highest BCUT2D eigenvalue weighted by atomic mass is 19.1. The molecule has 1 heterocycles. The molecule has 0 fully saturated rings. The highest BCUT2D eigenvalue weighted by molar-refractivity contribution is 6.04. The highest BCUT2D eigenvalue weighted by Crippen LogP contribution is 2.23. The molecule has 2 aromatic rings. The van der Waals surface area contributed by atoms with Crippen LogP contribution in [0.4, 0.5) is 9.18 Å². The summed E-state index contributed by atoms with van der Waals surface area (Å²) in [6.45, 7) is 10.9. The smallest absolute Gasteiger partial charge is 0.355 e. The van der Waals surface area contributed by atoms with E-state index in [1.165, 1.54) is 17.0 Å². The summed E-state index contributed by atoms with van der Waals surface area (Å²) in [5, 5.41) is 2.87. The normalized spacial score (nSPS) is 11.2. The molecule has 0 bridgehead atoms. The number of nitrogens with zero attached hydrogens (tertiary/aromatic N) is 2. The fourth-order valence-electron chi connectivity index (χ4n) is 3.54. The number of benzene rings is 1. The first-order chi connectivity index (χ1) is 14.9. The van der Waals surface area contributed by atoms with E-state index >= 15 is 0 Å². The minimum atomic E-state index is -0.503. The predicted molar refractivity (Wildman–Crippen MR) is 120 cm³/mol. The first-order valence-electron chi connectivity index (χ1n) is 10.5. The Bertz CT molecular complexity index is 1000. The number of amides is 2. The molecule has 0 atom stereocenters. The SMILES string of the molecule is CCOC(=O)c1c(C)c(C(=O)CN(Cc2ccc(F)cc2)C(=O)NC(C)(C)C)c(C)n1C. The molecule has 174 valence electrons. The summed E-state index contributed by atoms with van der Waals surface area (Å²) in [7, 11) is 1.70. The standard InChI is InChI=1S/C24H32FN3O4/c1-8-32-22(30)21-15(2)20(16(3)27(21)7)19(29)14-28(23(31)26-24(4,5)6)13-17-9-11-18(25)12-10-17/h9-12H,8,13-14H2,1-7H3,(H,26,31). The monoisotopic (exact) mass is 445 g/mol. The van der Waals surface area contributed by atoms with Crippen LogP contribution in [0.15, 0.2) is 24.3 Å². The Morgan fingerprint density at radius 1 is 1.12 bits per heavy atom. The van der Waals surface area contributed by atoms with Gasteiger partial charge in [0, 0.05) is 30.4 Å². The fourth-order valence-corrected chi connectivity index (χ4v) is 3.54. The van der Waals surface area contributed by atoms with Gasteiger partial charge in [-0.05, 0) is 64.8 Å². The maximum atomic E-state index is 13.3. The molecule has 0 spiro atoms. The summed E-state index contributed by atoms with van der Waals surface area (Å²) in [6, 6.07) is 5.37. The largest absolute Gasteiger partial charge is 0.461 e. The van der Waals surface area contributed by atoms with Crippen LogP contribution in [-0.4, -0.2) is 45.9 Å². The Morgan fingerprint density at radius 2 is 1.72 bits per heavy atom. The van der Waals surface area contributed by atoms with Gasteiger partial charge in [-0.25, -0.2) is 14.0 Å². The van der Waals surface area contributed by atoms with Crippen LogP contribution in [-0.2, 0) is 18.3 Å². The molecule has 0 unspecified atom stereocenters. The van der Waals surface area contributed by atoms with Gasteiger partial charge in [0.15, 0.2) is 5.78 Å². The highest BCUT2D eigenvalue weighted by Gasteiger charge is 2.28. The van der Waals surface area contributed by atoms with E-state index in [4.69, 9.17) is 4.74 Å². The summed E-state index contributed by atoms with van der Waals surface area (Å²) in [6.07, 6.45) is 0. The van der Waals surface area contributed by atoms with Gasteiger partial charge in [0.1, 0.15) is 11.5 Å². The number of carbonyl (C=O) groups is 3. The van der Waals surface area contributed by atoms with Crippen LogP contribution in [0, 0.1) is 19.7 Å². The van der Waals surface area contributed by atoms with Gasteiger partial charge < -0.3 is 19.5 Å². The van der Waals surface area contributed by atoms with Crippen LogP contribution < -0.4 is 5.32 Å². The van der Waals surface area contributed by atoms with Gasteiger partial charge in [0.05, 0.1) is 13.2 Å². The summed E-state index contributed by atoms with van der Waals surface area (Å²) in [5.74, 6) is -1.17. The number of nitrogens with one attached hydrogen (secondary N) is 1. The number of rotatable bonds is 7. The Kier molecular flexibility index (Phi) is 7.83. The van der Waals surface area contributed by atoms with Crippen LogP contribution in [0.3, 0.4) is 0 Å². The molecular weight excluding hydrogens is 413 g/mol. The zero-order valence-corrected chi connectivity index (χ0v) is 19.8. The second-order valence-corrected chi connectivity index (χ2v) is 8.80. The molecule has 2 amide bonds. The van der Waals surface area contributed by atoms with Crippen LogP contribution >= 0.6 is 0 Å². The molecule has 32 heavy (non-hydrogen) atoms. The summed E-state index contributed by atoms with van der Waals surface area (Å²) in [4.78, 5) is 40.0. The summed E-state index contributed by atoms with van der Waals surface area (Å²) >= 11 is 0. The Morgan fingerprint density at radius 3 is 2.25 bits per heavy atom. The topological polar surface area (TPSA) is 80.6 Å². The number of halogens is 1. The third kappa shape index (κ3) is 5.96. The average molecular weight is 446 g/mol. The van der Waals surface area contributed by atoms with Crippen LogP contribution in [0.25, 0.3) is 0 Å². The first kappa shape index (κ1) is 25.1. The molecule has 1 N–H and O–H groups in total. The molecule has 7 nitrogen and oxygen atoms in total. The lowest BCUT2D eigenvalue weighted by Crippen LogP contribution is -2.49. The fraction of sp³-hybridized carbons (Fsp3) is 0.458. The predicted octanol–water partition coefficient (Wildman–Crippen LogP) is 4.15. The Balaban J connectivity index is 2.37. The molecule has 1 aromatic heterocycles. The Labute approximate surface area is 188 Å².